The number of hydrogen-bond acceptors (Lipinski definition) is 5. The topological polar surface area (TPSA) is 73.9 Å². The zero-order valence-corrected chi connectivity index (χ0v) is 14.8. The van der Waals surface area contributed by atoms with E-state index in [9.17, 15) is 8.42 Å². The minimum absolute atomic E-state index is 0.140. The Balaban J connectivity index is 1.99. The number of methoxy groups -OCH3 is 1. The molecule has 0 radical (unpaired) electrons. The van der Waals surface area contributed by atoms with E-state index >= 15 is 0 Å². The molecule has 0 spiro atoms. The van der Waals surface area contributed by atoms with Gasteiger partial charge in [0.05, 0.1) is 17.7 Å². The van der Waals surface area contributed by atoms with Crippen molar-refractivity contribution in [3.63, 3.8) is 0 Å². The van der Waals surface area contributed by atoms with E-state index in [0.29, 0.717) is 28.5 Å². The van der Waals surface area contributed by atoms with Gasteiger partial charge in [0.25, 0.3) is 10.0 Å². The number of hydrogen-bond donors (Lipinski definition) is 1. The van der Waals surface area contributed by atoms with Gasteiger partial charge in [-0.1, -0.05) is 0 Å². The van der Waals surface area contributed by atoms with Crippen molar-refractivity contribution in [1.82, 2.24) is 0 Å². The average Bonchev–Trinajstić information content (AvgIpc) is 2.98. The first-order chi connectivity index (χ1) is 11.3. The first kappa shape index (κ1) is 16.4. The van der Waals surface area contributed by atoms with Gasteiger partial charge in [0.1, 0.15) is 5.75 Å². The standard InChI is InChI=1S/C17H19NO5S/c1-10-7-16(11(2)12(3)17(10)21-4)24(19,20)18-13-5-6-14-15(8-13)23-9-22-14/h5-8,18H,9H2,1-4H3. The van der Waals surface area contributed by atoms with E-state index in [1.54, 1.807) is 38.3 Å². The van der Waals surface area contributed by atoms with Crippen LogP contribution in [-0.2, 0) is 10.0 Å². The summed E-state index contributed by atoms with van der Waals surface area (Å²) in [5.74, 6) is 1.83. The summed E-state index contributed by atoms with van der Waals surface area (Å²) in [6.45, 7) is 5.58. The van der Waals surface area contributed by atoms with E-state index < -0.39 is 10.0 Å². The highest BCUT2D eigenvalue weighted by Crippen LogP contribution is 2.36. The third-order valence-corrected chi connectivity index (χ3v) is 5.60. The Morgan fingerprint density at radius 1 is 1.04 bits per heavy atom. The highest BCUT2D eigenvalue weighted by Gasteiger charge is 2.22. The van der Waals surface area contributed by atoms with Crippen molar-refractivity contribution in [3.05, 3.63) is 41.0 Å². The Kier molecular flexibility index (Phi) is 4.04. The van der Waals surface area contributed by atoms with Crippen molar-refractivity contribution < 1.29 is 22.6 Å². The molecule has 0 saturated heterocycles. The summed E-state index contributed by atoms with van der Waals surface area (Å²) in [6.07, 6.45) is 0. The van der Waals surface area contributed by atoms with E-state index in [1.807, 2.05) is 13.8 Å². The lowest BCUT2D eigenvalue weighted by Crippen LogP contribution is -2.15. The smallest absolute Gasteiger partial charge is 0.262 e. The molecular weight excluding hydrogens is 330 g/mol. The van der Waals surface area contributed by atoms with Crippen LogP contribution in [0.5, 0.6) is 17.2 Å². The molecule has 0 bridgehead atoms. The van der Waals surface area contributed by atoms with Gasteiger partial charge in [-0.3, -0.25) is 4.72 Å². The normalized spacial score (nSPS) is 13.0. The molecular formula is C17H19NO5S. The number of fused-ring (bicyclic) bond motifs is 1. The molecule has 0 amide bonds. The van der Waals surface area contributed by atoms with Crippen LogP contribution in [0.15, 0.2) is 29.2 Å². The number of anilines is 1. The van der Waals surface area contributed by atoms with Crippen molar-refractivity contribution in [2.24, 2.45) is 0 Å². The third kappa shape index (κ3) is 2.75. The zero-order chi connectivity index (χ0) is 17.5. The maximum absolute atomic E-state index is 12.8. The summed E-state index contributed by atoms with van der Waals surface area (Å²) in [5, 5.41) is 0. The van der Waals surface area contributed by atoms with Gasteiger partial charge in [-0.05, 0) is 55.7 Å². The van der Waals surface area contributed by atoms with E-state index in [2.05, 4.69) is 4.72 Å². The van der Waals surface area contributed by atoms with Crippen LogP contribution in [0.3, 0.4) is 0 Å². The van der Waals surface area contributed by atoms with Crippen LogP contribution in [0.25, 0.3) is 0 Å². The second-order valence-corrected chi connectivity index (χ2v) is 7.30. The molecule has 6 nitrogen and oxygen atoms in total. The molecule has 1 aliphatic rings. The first-order valence-corrected chi connectivity index (χ1v) is 8.89. The number of sulfonamides is 1. The van der Waals surface area contributed by atoms with Crippen LogP contribution in [0, 0.1) is 20.8 Å². The SMILES string of the molecule is COc1c(C)cc(S(=O)(=O)Nc2ccc3c(c2)OCO3)c(C)c1C. The van der Waals surface area contributed by atoms with Crippen molar-refractivity contribution in [1.29, 1.82) is 0 Å². The number of aryl methyl sites for hydroxylation is 1. The highest BCUT2D eigenvalue weighted by molar-refractivity contribution is 7.92. The van der Waals surface area contributed by atoms with E-state index in [4.69, 9.17) is 14.2 Å². The van der Waals surface area contributed by atoms with Crippen LogP contribution in [0.1, 0.15) is 16.7 Å². The van der Waals surface area contributed by atoms with Gasteiger partial charge in [0.15, 0.2) is 11.5 Å². The number of benzene rings is 2. The van der Waals surface area contributed by atoms with Gasteiger partial charge in [0.2, 0.25) is 6.79 Å². The third-order valence-electron chi connectivity index (χ3n) is 4.10. The fraction of sp³-hybridized carbons (Fsp3) is 0.294. The second-order valence-electron chi connectivity index (χ2n) is 5.65. The van der Waals surface area contributed by atoms with Gasteiger partial charge >= 0.3 is 0 Å². The summed E-state index contributed by atoms with van der Waals surface area (Å²) >= 11 is 0. The molecule has 24 heavy (non-hydrogen) atoms. The Hall–Kier alpha value is -2.41. The van der Waals surface area contributed by atoms with E-state index in [1.165, 1.54) is 0 Å². The fourth-order valence-electron chi connectivity index (χ4n) is 2.78. The van der Waals surface area contributed by atoms with Crippen molar-refractivity contribution in [3.8, 4) is 17.2 Å². The summed E-state index contributed by atoms with van der Waals surface area (Å²) < 4.78 is 44.1. The molecule has 0 atom stereocenters. The molecule has 1 heterocycles. The van der Waals surface area contributed by atoms with Gasteiger partial charge < -0.3 is 14.2 Å². The minimum Gasteiger partial charge on any atom is -0.496 e. The monoisotopic (exact) mass is 349 g/mol. The van der Waals surface area contributed by atoms with Crippen molar-refractivity contribution in [2.75, 3.05) is 18.6 Å². The molecule has 0 unspecified atom stereocenters. The summed E-state index contributed by atoms with van der Waals surface area (Å²) in [5.41, 5.74) is 2.66. The fourth-order valence-corrected chi connectivity index (χ4v) is 4.22. The average molecular weight is 349 g/mol. The Bertz CT molecular complexity index is 906. The first-order valence-electron chi connectivity index (χ1n) is 7.40. The van der Waals surface area contributed by atoms with Gasteiger partial charge in [-0.2, -0.15) is 0 Å². The van der Waals surface area contributed by atoms with Gasteiger partial charge in [-0.25, -0.2) is 8.42 Å². The van der Waals surface area contributed by atoms with E-state index in [0.717, 1.165) is 11.1 Å². The van der Waals surface area contributed by atoms with Crippen molar-refractivity contribution in [2.45, 2.75) is 25.7 Å². The minimum atomic E-state index is -3.73. The molecule has 1 aliphatic heterocycles. The van der Waals surface area contributed by atoms with Crippen LogP contribution in [0.2, 0.25) is 0 Å². The van der Waals surface area contributed by atoms with Crippen LogP contribution in [0.4, 0.5) is 5.69 Å². The lowest BCUT2D eigenvalue weighted by Gasteiger charge is -2.16. The number of nitrogens with one attached hydrogen (secondary N) is 1. The number of rotatable bonds is 4. The molecule has 1 N–H and O–H groups in total. The van der Waals surface area contributed by atoms with Crippen LogP contribution >= 0.6 is 0 Å². The van der Waals surface area contributed by atoms with E-state index in [-0.39, 0.29) is 11.7 Å². The molecule has 0 saturated carbocycles. The quantitative estimate of drug-likeness (QED) is 0.918. The molecule has 2 aromatic carbocycles. The largest absolute Gasteiger partial charge is 0.496 e. The highest BCUT2D eigenvalue weighted by atomic mass is 32.2. The van der Waals surface area contributed by atoms with Crippen molar-refractivity contribution >= 4 is 15.7 Å². The Morgan fingerprint density at radius 3 is 2.46 bits per heavy atom. The van der Waals surface area contributed by atoms with Crippen LogP contribution in [-0.4, -0.2) is 22.3 Å². The summed E-state index contributed by atoms with van der Waals surface area (Å²) in [4.78, 5) is 0.232. The summed E-state index contributed by atoms with van der Waals surface area (Å²) in [6, 6.07) is 6.55. The predicted molar refractivity (Wildman–Crippen MR) is 90.6 cm³/mol. The predicted octanol–water partition coefficient (Wildman–Crippen LogP) is 3.15. The Labute approximate surface area is 141 Å². The second kappa shape index (κ2) is 5.90. The summed E-state index contributed by atoms with van der Waals surface area (Å²) in [7, 11) is -2.16. The maximum atomic E-state index is 12.8. The lowest BCUT2D eigenvalue weighted by molar-refractivity contribution is 0.174. The molecule has 2 aromatic rings. The van der Waals surface area contributed by atoms with Gasteiger partial charge in [-0.15, -0.1) is 0 Å². The number of ether oxygens (including phenoxy) is 3. The molecule has 7 heteroatoms. The maximum Gasteiger partial charge on any atom is 0.262 e. The van der Waals surface area contributed by atoms with Crippen LogP contribution < -0.4 is 18.9 Å². The zero-order valence-electron chi connectivity index (χ0n) is 14.0. The molecule has 0 fully saturated rings. The Morgan fingerprint density at radius 2 is 1.75 bits per heavy atom. The molecule has 0 aliphatic carbocycles. The lowest BCUT2D eigenvalue weighted by atomic mass is 10.1. The molecule has 3 rings (SSSR count). The molecule has 128 valence electrons. The van der Waals surface area contributed by atoms with Gasteiger partial charge in [0, 0.05) is 6.07 Å². The molecule has 0 aromatic heterocycles.